The summed E-state index contributed by atoms with van der Waals surface area (Å²) in [5, 5.41) is 34.7. The van der Waals surface area contributed by atoms with Crippen molar-refractivity contribution in [2.45, 2.75) is 59.2 Å². The number of hydrogen-bond acceptors (Lipinski definition) is 4. The summed E-state index contributed by atoms with van der Waals surface area (Å²) in [6.45, 7) is 11.1. The molecule has 0 radical (unpaired) electrons. The summed E-state index contributed by atoms with van der Waals surface area (Å²) in [6, 6.07) is 14.4. The van der Waals surface area contributed by atoms with Crippen LogP contribution in [0.2, 0.25) is 0 Å². The minimum absolute atomic E-state index is 0.151. The van der Waals surface area contributed by atoms with Crippen molar-refractivity contribution in [2.75, 3.05) is 0 Å². The van der Waals surface area contributed by atoms with Crippen molar-refractivity contribution in [3.8, 4) is 11.5 Å². The third-order valence-corrected chi connectivity index (χ3v) is 3.18. The van der Waals surface area contributed by atoms with E-state index in [9.17, 15) is 10.2 Å². The van der Waals surface area contributed by atoms with E-state index in [1.54, 1.807) is 52.0 Å². The molecule has 0 spiro atoms. The Labute approximate surface area is 151 Å². The summed E-state index contributed by atoms with van der Waals surface area (Å²) in [7, 11) is 0. The Morgan fingerprint density at radius 2 is 0.800 bits per heavy atom. The summed E-state index contributed by atoms with van der Waals surface area (Å²) in [5.41, 5.74) is 2.10. The van der Waals surface area contributed by atoms with Gasteiger partial charge in [0.15, 0.2) is 0 Å². The Morgan fingerprint density at radius 1 is 0.600 bits per heavy atom. The highest BCUT2D eigenvalue weighted by Gasteiger charge is 2.22. The predicted molar refractivity (Wildman–Crippen MR) is 103 cm³/mol. The molecule has 0 aliphatic carbocycles. The van der Waals surface area contributed by atoms with Gasteiger partial charge in [0.05, 0.1) is 0 Å². The van der Waals surface area contributed by atoms with Crippen molar-refractivity contribution in [3.05, 3.63) is 59.7 Å². The minimum atomic E-state index is -0.167. The van der Waals surface area contributed by atoms with Crippen molar-refractivity contribution in [3.63, 3.8) is 0 Å². The molecule has 0 aromatic heterocycles. The molecular weight excluding hydrogens is 316 g/mol. The first kappa shape index (κ1) is 23.0. The van der Waals surface area contributed by atoms with E-state index in [0.717, 1.165) is 11.1 Å². The molecule has 0 aliphatic heterocycles. The van der Waals surface area contributed by atoms with Crippen molar-refractivity contribution < 1.29 is 20.4 Å². The summed E-state index contributed by atoms with van der Waals surface area (Å²) in [5.74, 6) is 0.547. The van der Waals surface area contributed by atoms with Gasteiger partial charge in [-0.1, -0.05) is 38.1 Å². The molecule has 0 heterocycles. The molecule has 2 rings (SSSR count). The molecule has 140 valence electrons. The zero-order chi connectivity index (χ0) is 19.6. The molecule has 0 bridgehead atoms. The van der Waals surface area contributed by atoms with Crippen LogP contribution >= 0.6 is 0 Å². The summed E-state index contributed by atoms with van der Waals surface area (Å²) >= 11 is 0. The monoisotopic (exact) mass is 348 g/mol. The Bertz CT molecular complexity index is 525. The van der Waals surface area contributed by atoms with Crippen LogP contribution in [0.1, 0.15) is 52.7 Å². The van der Waals surface area contributed by atoms with Crippen LogP contribution in [0.4, 0.5) is 0 Å². The molecule has 0 unspecified atom stereocenters. The van der Waals surface area contributed by atoms with Crippen LogP contribution in [-0.4, -0.2) is 32.6 Å². The zero-order valence-corrected chi connectivity index (χ0v) is 16.1. The van der Waals surface area contributed by atoms with Gasteiger partial charge < -0.3 is 20.4 Å². The lowest BCUT2D eigenvalue weighted by molar-refractivity contribution is 0.215. The van der Waals surface area contributed by atoms with E-state index in [-0.39, 0.29) is 29.1 Å². The Kier molecular flexibility index (Phi) is 9.87. The molecule has 0 saturated heterocycles. The fourth-order valence-electron chi connectivity index (χ4n) is 1.92. The van der Waals surface area contributed by atoms with Gasteiger partial charge in [-0.15, -0.1) is 0 Å². The molecule has 0 atom stereocenters. The highest BCUT2D eigenvalue weighted by Crippen LogP contribution is 2.32. The van der Waals surface area contributed by atoms with Crippen molar-refractivity contribution in [1.82, 2.24) is 0 Å². The third kappa shape index (κ3) is 9.75. The van der Waals surface area contributed by atoms with E-state index >= 15 is 0 Å². The number of aromatic hydroxyl groups is 2. The smallest absolute Gasteiger partial charge is 0.115 e. The van der Waals surface area contributed by atoms with Gasteiger partial charge >= 0.3 is 0 Å². The average Bonchev–Trinajstić information content (AvgIpc) is 2.47. The normalized spacial score (nSPS) is 10.6. The number of rotatable bonds is 2. The van der Waals surface area contributed by atoms with E-state index in [1.807, 2.05) is 24.3 Å². The number of hydrogen-bond donors (Lipinski definition) is 4. The molecule has 25 heavy (non-hydrogen) atoms. The molecule has 0 amide bonds. The molecule has 0 fully saturated rings. The van der Waals surface area contributed by atoms with Crippen molar-refractivity contribution >= 4 is 0 Å². The van der Waals surface area contributed by atoms with Gasteiger partial charge in [0.1, 0.15) is 11.5 Å². The van der Waals surface area contributed by atoms with Gasteiger partial charge in [-0.25, -0.2) is 0 Å². The maximum absolute atomic E-state index is 9.30. The number of phenolic OH excluding ortho intramolecular Hbond substituents is 2. The topological polar surface area (TPSA) is 80.9 Å². The molecule has 0 saturated carbocycles. The Balaban J connectivity index is 0.000000609. The lowest BCUT2D eigenvalue weighted by Gasteiger charge is -2.26. The average molecular weight is 348 g/mol. The molecule has 2 aromatic rings. The van der Waals surface area contributed by atoms with Crippen LogP contribution in [0.3, 0.4) is 0 Å². The second-order valence-electron chi connectivity index (χ2n) is 6.91. The summed E-state index contributed by atoms with van der Waals surface area (Å²) in [4.78, 5) is 0. The van der Waals surface area contributed by atoms with Crippen molar-refractivity contribution in [2.24, 2.45) is 0 Å². The predicted octanol–water partition coefficient (Wildman–Crippen LogP) is 4.20. The second kappa shape index (κ2) is 10.7. The largest absolute Gasteiger partial charge is 0.508 e. The lowest BCUT2D eigenvalue weighted by Crippen LogP contribution is -2.18. The summed E-state index contributed by atoms with van der Waals surface area (Å²) < 4.78 is 0. The number of aliphatic hydroxyl groups is 2. The van der Waals surface area contributed by atoms with Crippen LogP contribution in [-0.2, 0) is 5.41 Å². The van der Waals surface area contributed by atoms with Crippen LogP contribution in [0.5, 0.6) is 11.5 Å². The lowest BCUT2D eigenvalue weighted by atomic mass is 9.78. The first-order valence-electron chi connectivity index (χ1n) is 8.42. The van der Waals surface area contributed by atoms with E-state index in [1.165, 1.54) is 0 Å². The highest BCUT2D eigenvalue weighted by atomic mass is 16.3. The van der Waals surface area contributed by atoms with Gasteiger partial charge in [-0.3, -0.25) is 0 Å². The molecule has 0 aliphatic rings. The standard InChI is InChI=1S/C15H16O2.2C3H8O/c1-15(2,11-3-7-13(16)8-4-11)12-5-9-14(17)10-6-12;2*1-3(2)4/h3-10,16-17H,1-2H3;2*3-4H,1-2H3. The van der Waals surface area contributed by atoms with E-state index < -0.39 is 0 Å². The van der Waals surface area contributed by atoms with Gasteiger partial charge in [0, 0.05) is 17.6 Å². The quantitative estimate of drug-likeness (QED) is 0.656. The number of benzene rings is 2. The molecule has 4 N–H and O–H groups in total. The molecule has 4 heteroatoms. The highest BCUT2D eigenvalue weighted by molar-refractivity contribution is 5.41. The van der Waals surface area contributed by atoms with E-state index in [2.05, 4.69) is 13.8 Å². The van der Waals surface area contributed by atoms with Crippen LogP contribution < -0.4 is 0 Å². The molecule has 4 nitrogen and oxygen atoms in total. The van der Waals surface area contributed by atoms with Crippen LogP contribution in [0, 0.1) is 0 Å². The Hall–Kier alpha value is -2.04. The second-order valence-corrected chi connectivity index (χ2v) is 6.91. The number of phenols is 2. The van der Waals surface area contributed by atoms with Gasteiger partial charge in [0.25, 0.3) is 0 Å². The maximum Gasteiger partial charge on any atom is 0.115 e. The SMILES string of the molecule is CC(C)(c1ccc(O)cc1)c1ccc(O)cc1.CC(C)O.CC(C)O. The fraction of sp³-hybridized carbons (Fsp3) is 0.429. The Morgan fingerprint density at radius 3 is 1.00 bits per heavy atom. The maximum atomic E-state index is 9.30. The third-order valence-electron chi connectivity index (χ3n) is 3.18. The van der Waals surface area contributed by atoms with Crippen LogP contribution in [0.25, 0.3) is 0 Å². The first-order valence-corrected chi connectivity index (χ1v) is 8.42. The molecular formula is C21H32O4. The van der Waals surface area contributed by atoms with Gasteiger partial charge in [-0.05, 0) is 63.1 Å². The van der Waals surface area contributed by atoms with Crippen molar-refractivity contribution in [1.29, 1.82) is 0 Å². The fourth-order valence-corrected chi connectivity index (χ4v) is 1.92. The first-order chi connectivity index (χ1) is 11.5. The number of aliphatic hydroxyl groups excluding tert-OH is 2. The van der Waals surface area contributed by atoms with Gasteiger partial charge in [-0.2, -0.15) is 0 Å². The zero-order valence-electron chi connectivity index (χ0n) is 16.1. The van der Waals surface area contributed by atoms with E-state index in [0.29, 0.717) is 0 Å². The molecule has 2 aromatic carbocycles. The van der Waals surface area contributed by atoms with Crippen LogP contribution in [0.15, 0.2) is 48.5 Å². The minimum Gasteiger partial charge on any atom is -0.508 e. The van der Waals surface area contributed by atoms with E-state index in [4.69, 9.17) is 10.2 Å². The van der Waals surface area contributed by atoms with Gasteiger partial charge in [0.2, 0.25) is 0 Å². The summed E-state index contributed by atoms with van der Waals surface area (Å²) in [6.07, 6.45) is -0.333.